The number of hydrogen-bond acceptors (Lipinski definition) is 3. The molecule has 0 saturated carbocycles. The highest BCUT2D eigenvalue weighted by Gasteiger charge is 2.84. The molecule has 0 aromatic rings. The molecule has 1 saturated heterocycles. The van der Waals surface area contributed by atoms with Crippen LogP contribution < -0.4 is 0 Å². The topological polar surface area (TPSA) is 57.2 Å². The van der Waals surface area contributed by atoms with Crippen LogP contribution in [0.15, 0.2) is 0 Å². The van der Waals surface area contributed by atoms with Gasteiger partial charge in [-0.15, -0.1) is 0 Å². The Bertz CT molecular complexity index is 626. The highest BCUT2D eigenvalue weighted by Crippen LogP contribution is 3.16. The molecule has 0 aromatic heterocycles. The Balaban J connectivity index is 0.000000769. The Hall–Kier alpha value is 0.560. The van der Waals surface area contributed by atoms with E-state index in [0.717, 1.165) is 5.40 Å². The van der Waals surface area contributed by atoms with Gasteiger partial charge >= 0.3 is 5.51 Å². The molecule has 170 valence electrons. The smallest absolute Gasteiger partial charge is 0.485 e. The summed E-state index contributed by atoms with van der Waals surface area (Å²) in [7, 11) is -5.92. The van der Waals surface area contributed by atoms with E-state index in [4.69, 9.17) is 13.0 Å². The molecule has 1 heterocycles. The molecule has 1 aliphatic heterocycles. The molecule has 0 N–H and O–H groups in total. The van der Waals surface area contributed by atoms with E-state index in [0.29, 0.717) is 21.1 Å². The molecule has 1 rings (SSSR count). The highest BCUT2D eigenvalue weighted by molar-refractivity contribution is 8.56. The Morgan fingerprint density at radius 2 is 1.18 bits per heavy atom. The molecule has 1 fully saturated rings. The Labute approximate surface area is 172 Å². The van der Waals surface area contributed by atoms with Gasteiger partial charge in [-0.05, 0) is 26.2 Å². The zero-order valence-electron chi connectivity index (χ0n) is 19.4. The van der Waals surface area contributed by atoms with E-state index in [-0.39, 0.29) is 7.61 Å². The average molecular weight is 467 g/mol. The monoisotopic (exact) mass is 466 g/mol. The number of alkyl halides is 3. The minimum atomic E-state index is -6.09. The molecular weight excluding hydrogens is 427 g/mol. The second-order valence-electron chi connectivity index (χ2n) is 11.9. The van der Waals surface area contributed by atoms with Gasteiger partial charge in [-0.3, -0.25) is 0 Å². The van der Waals surface area contributed by atoms with Crippen LogP contribution in [0, 0.1) is 10.8 Å². The second-order valence-corrected chi connectivity index (χ2v) is 23.5. The third-order valence-corrected chi connectivity index (χ3v) is 22.3. The van der Waals surface area contributed by atoms with Crippen LogP contribution in [0.1, 0.15) is 83.1 Å². The number of hydrogen-bond donors (Lipinski definition) is 0. The summed E-state index contributed by atoms with van der Waals surface area (Å²) in [5, 5.41) is 2.03. The predicted molar refractivity (Wildman–Crippen MR) is 117 cm³/mol. The molecule has 0 aliphatic carbocycles. The zero-order chi connectivity index (χ0) is 23.4. The minimum absolute atomic E-state index is 0.168. The van der Waals surface area contributed by atoms with E-state index in [9.17, 15) is 13.2 Å². The molecule has 0 bridgehead atoms. The van der Waals surface area contributed by atoms with Gasteiger partial charge in [0.1, 0.15) is 13.0 Å². The van der Waals surface area contributed by atoms with Crippen molar-refractivity contribution in [3.63, 3.8) is 0 Å². The molecular formula is C19H39F3O3P2S. The van der Waals surface area contributed by atoms with Gasteiger partial charge in [0, 0.05) is 10.6 Å². The highest BCUT2D eigenvalue weighted by atomic mass is 32.2. The summed E-state index contributed by atoms with van der Waals surface area (Å²) >= 11 is 0. The van der Waals surface area contributed by atoms with Crippen molar-refractivity contribution in [2.45, 2.75) is 104 Å². The fourth-order valence-electron chi connectivity index (χ4n) is 4.01. The minimum Gasteiger partial charge on any atom is -0.741 e. The largest absolute Gasteiger partial charge is 0.741 e. The molecule has 1 unspecified atom stereocenters. The molecule has 0 spiro atoms. The summed E-state index contributed by atoms with van der Waals surface area (Å²) in [6.07, 6.45) is 1.48. The van der Waals surface area contributed by atoms with Crippen LogP contribution in [-0.2, 0) is 10.1 Å². The standard InChI is InChI=1S/C18H39P2.CHF3O3S/c1-15(2,3)13-20(18(10,11)12)14(16(4,5)6)19(20)17(7,8)9;2-1(3,4)8(5,6)7/h14H,13H2,1-12H3;(H,5,6,7)/q+1;/p-1/t14-,19-,20?;/m0./s1. The average Bonchev–Trinajstić information content (AvgIpc) is 2.93. The first kappa shape index (κ1) is 28.6. The van der Waals surface area contributed by atoms with Crippen molar-refractivity contribution in [1.29, 1.82) is 0 Å². The van der Waals surface area contributed by atoms with Crippen molar-refractivity contribution in [2.75, 3.05) is 6.16 Å². The quantitative estimate of drug-likeness (QED) is 0.229. The first-order valence-corrected chi connectivity index (χ1v) is 15.0. The molecule has 0 radical (unpaired) electrons. The summed E-state index contributed by atoms with van der Waals surface area (Å²) < 4.78 is 58.9. The van der Waals surface area contributed by atoms with Crippen LogP contribution in [0.25, 0.3) is 0 Å². The molecule has 0 amide bonds. The van der Waals surface area contributed by atoms with E-state index >= 15 is 0 Å². The maximum absolute atomic E-state index is 10.7. The zero-order valence-corrected chi connectivity index (χ0v) is 22.1. The van der Waals surface area contributed by atoms with E-state index in [1.54, 1.807) is 0 Å². The summed E-state index contributed by atoms with van der Waals surface area (Å²) in [4.78, 5) is 0. The second kappa shape index (κ2) is 7.92. The van der Waals surface area contributed by atoms with Crippen LogP contribution in [0.5, 0.6) is 0 Å². The van der Waals surface area contributed by atoms with Gasteiger partial charge in [-0.25, -0.2) is 8.42 Å². The van der Waals surface area contributed by atoms with Gasteiger partial charge in [0.2, 0.25) is 0 Å². The van der Waals surface area contributed by atoms with Crippen molar-refractivity contribution in [2.24, 2.45) is 10.8 Å². The first-order chi connectivity index (χ1) is 11.7. The number of halogens is 3. The van der Waals surface area contributed by atoms with Crippen molar-refractivity contribution >= 4 is 24.7 Å². The maximum Gasteiger partial charge on any atom is 0.485 e. The van der Waals surface area contributed by atoms with E-state index in [1.807, 2.05) is 0 Å². The lowest BCUT2D eigenvalue weighted by Crippen LogP contribution is -2.26. The third-order valence-electron chi connectivity index (χ3n) is 4.59. The van der Waals surface area contributed by atoms with E-state index in [1.165, 1.54) is 6.16 Å². The van der Waals surface area contributed by atoms with E-state index in [2.05, 4.69) is 83.1 Å². The molecule has 0 aromatic carbocycles. The van der Waals surface area contributed by atoms with Gasteiger partial charge in [-0.2, -0.15) is 13.2 Å². The molecule has 1 aliphatic rings. The Kier molecular flexibility index (Phi) is 8.07. The fourth-order valence-corrected chi connectivity index (χ4v) is 26.6. The normalized spacial score (nSPS) is 27.1. The SMILES string of the molecule is CC(C)(C)C[P+]1(C(C)(C)C)[C@@H](C(C)(C)C)[P@@]1C(C)(C)C.O=S(=O)([O-])C(F)(F)F. The lowest BCUT2D eigenvalue weighted by Gasteiger charge is -2.34. The first-order valence-electron chi connectivity index (χ1n) is 9.39. The lowest BCUT2D eigenvalue weighted by atomic mass is 10.00. The third kappa shape index (κ3) is 6.79. The van der Waals surface area contributed by atoms with Gasteiger partial charge in [-0.1, -0.05) is 62.3 Å². The van der Waals surface area contributed by atoms with Crippen molar-refractivity contribution < 1.29 is 26.1 Å². The van der Waals surface area contributed by atoms with Crippen LogP contribution in [0.3, 0.4) is 0 Å². The van der Waals surface area contributed by atoms with Crippen LogP contribution in [0.4, 0.5) is 13.2 Å². The van der Waals surface area contributed by atoms with E-state index < -0.39 is 22.6 Å². The van der Waals surface area contributed by atoms with Crippen LogP contribution in [0.2, 0.25) is 0 Å². The van der Waals surface area contributed by atoms with Crippen LogP contribution >= 0.6 is 14.6 Å². The van der Waals surface area contributed by atoms with Gasteiger partial charge in [0.15, 0.2) is 10.1 Å². The summed E-state index contributed by atoms with van der Waals surface area (Å²) in [6, 6.07) is 0. The Morgan fingerprint density at radius 3 is 1.29 bits per heavy atom. The van der Waals surface area contributed by atoms with Crippen molar-refractivity contribution in [3.05, 3.63) is 0 Å². The summed E-state index contributed by atoms with van der Waals surface area (Å²) in [5.41, 5.74) is -4.70. The number of rotatable bonds is 1. The van der Waals surface area contributed by atoms with Gasteiger partial charge < -0.3 is 4.55 Å². The Morgan fingerprint density at radius 1 is 0.857 bits per heavy atom. The van der Waals surface area contributed by atoms with Gasteiger partial charge in [0.25, 0.3) is 0 Å². The molecule has 28 heavy (non-hydrogen) atoms. The van der Waals surface area contributed by atoms with Crippen molar-refractivity contribution in [1.82, 2.24) is 0 Å². The molecule has 3 atom stereocenters. The maximum atomic E-state index is 10.7. The summed E-state index contributed by atoms with van der Waals surface area (Å²) in [6.45, 7) is 29.1. The predicted octanol–water partition coefficient (Wildman–Crippen LogP) is 7.48. The fraction of sp³-hybridized carbons (Fsp3) is 1.00. The molecule has 3 nitrogen and oxygen atoms in total. The van der Waals surface area contributed by atoms with Crippen LogP contribution in [-0.4, -0.2) is 40.4 Å². The van der Waals surface area contributed by atoms with Gasteiger partial charge in [0.05, 0.1) is 18.3 Å². The van der Waals surface area contributed by atoms with Crippen molar-refractivity contribution in [3.8, 4) is 0 Å². The molecule has 9 heteroatoms. The summed E-state index contributed by atoms with van der Waals surface area (Å²) in [5.74, 6) is 0. The lowest BCUT2D eigenvalue weighted by molar-refractivity contribution is -0.0517.